The number of hydroxylamine groups is 2. The number of carboxylic acid groups (broad SMARTS) is 1. The predicted octanol–water partition coefficient (Wildman–Crippen LogP) is 3.58. The minimum absolute atomic E-state index is 0.0363. The summed E-state index contributed by atoms with van der Waals surface area (Å²) in [5.74, 6) is -1.80. The van der Waals surface area contributed by atoms with Gasteiger partial charge in [0, 0.05) is 17.8 Å². The second-order valence-corrected chi connectivity index (χ2v) is 8.95. The quantitative estimate of drug-likeness (QED) is 0.472. The molecule has 0 aliphatic heterocycles. The van der Waals surface area contributed by atoms with Crippen LogP contribution in [0.3, 0.4) is 0 Å². The van der Waals surface area contributed by atoms with Crippen molar-refractivity contribution in [3.8, 4) is 11.1 Å². The molecule has 10 heteroatoms. The highest BCUT2D eigenvalue weighted by Crippen LogP contribution is 2.44. The van der Waals surface area contributed by atoms with Gasteiger partial charge in [-0.25, -0.2) is 19.6 Å². The molecule has 2 N–H and O–H groups in total. The number of carbonyl (C=O) groups is 3. The fraction of sp³-hybridized carbons (Fsp3) is 0.250. The van der Waals surface area contributed by atoms with Gasteiger partial charge in [0.1, 0.15) is 17.3 Å². The number of alkyl carbamates (subject to hydrolysis) is 1. The van der Waals surface area contributed by atoms with Gasteiger partial charge in [0.15, 0.2) is 6.61 Å². The largest absolute Gasteiger partial charge is 0.479 e. The van der Waals surface area contributed by atoms with Gasteiger partial charge in [-0.05, 0) is 29.2 Å². The summed E-state index contributed by atoms with van der Waals surface area (Å²) in [6, 6.07) is 16.2. The zero-order valence-corrected chi connectivity index (χ0v) is 19.4. The second kappa shape index (κ2) is 10.0. The molecule has 4 rings (SSSR count). The van der Waals surface area contributed by atoms with Crippen molar-refractivity contribution in [3.63, 3.8) is 0 Å². The van der Waals surface area contributed by atoms with E-state index in [1.165, 1.54) is 18.4 Å². The van der Waals surface area contributed by atoms with Crippen molar-refractivity contribution in [2.45, 2.75) is 19.4 Å². The van der Waals surface area contributed by atoms with Gasteiger partial charge in [-0.15, -0.1) is 11.3 Å². The van der Waals surface area contributed by atoms with E-state index >= 15 is 0 Å². The highest BCUT2D eigenvalue weighted by Gasteiger charge is 2.29. The topological polar surface area (TPSA) is 118 Å². The highest BCUT2D eigenvalue weighted by atomic mass is 32.1. The predicted molar refractivity (Wildman–Crippen MR) is 124 cm³/mol. The Kier molecular flexibility index (Phi) is 6.90. The number of benzene rings is 2. The first-order valence-electron chi connectivity index (χ1n) is 10.5. The molecule has 1 heterocycles. The van der Waals surface area contributed by atoms with Crippen LogP contribution in [-0.2, 0) is 20.9 Å². The molecule has 9 nitrogen and oxygen atoms in total. The number of aromatic nitrogens is 1. The Morgan fingerprint density at radius 1 is 1.09 bits per heavy atom. The van der Waals surface area contributed by atoms with Crippen LogP contribution in [0.1, 0.15) is 37.4 Å². The monoisotopic (exact) mass is 481 g/mol. The Morgan fingerprint density at radius 2 is 1.71 bits per heavy atom. The first kappa shape index (κ1) is 23.4. The summed E-state index contributed by atoms with van der Waals surface area (Å²) in [4.78, 5) is 45.2. The molecule has 2 amide bonds. The van der Waals surface area contributed by atoms with Crippen molar-refractivity contribution < 1.29 is 29.1 Å². The lowest BCUT2D eigenvalue weighted by molar-refractivity contribution is -0.159. The maximum Gasteiger partial charge on any atom is 0.407 e. The molecule has 0 fully saturated rings. The minimum Gasteiger partial charge on any atom is -0.479 e. The first-order valence-corrected chi connectivity index (χ1v) is 11.3. The highest BCUT2D eigenvalue weighted by molar-refractivity contribution is 7.11. The molecule has 2 aromatic carbocycles. The van der Waals surface area contributed by atoms with E-state index in [2.05, 4.69) is 34.6 Å². The van der Waals surface area contributed by atoms with Gasteiger partial charge in [0.05, 0.1) is 6.54 Å². The SMILES string of the molecule is Cc1sc(CNC(=O)OCC2c3ccccc3-c3ccccc32)nc1C(=O)N(C)OCC(=O)O. The lowest BCUT2D eigenvalue weighted by atomic mass is 9.98. The van der Waals surface area contributed by atoms with Crippen molar-refractivity contribution in [3.05, 3.63) is 75.2 Å². The zero-order chi connectivity index (χ0) is 24.2. The van der Waals surface area contributed by atoms with Crippen LogP contribution in [0.25, 0.3) is 11.1 Å². The summed E-state index contributed by atoms with van der Waals surface area (Å²) < 4.78 is 5.51. The lowest BCUT2D eigenvalue weighted by Gasteiger charge is -2.14. The molecule has 0 spiro atoms. The average molecular weight is 482 g/mol. The fourth-order valence-corrected chi connectivity index (χ4v) is 4.75. The Labute approximate surface area is 199 Å². The number of carboxylic acids is 1. The van der Waals surface area contributed by atoms with Crippen molar-refractivity contribution in [1.29, 1.82) is 0 Å². The first-order chi connectivity index (χ1) is 16.3. The van der Waals surface area contributed by atoms with Crippen molar-refractivity contribution in [2.75, 3.05) is 20.3 Å². The number of hydrogen-bond donors (Lipinski definition) is 2. The molecule has 0 bridgehead atoms. The molecule has 34 heavy (non-hydrogen) atoms. The number of aryl methyl sites for hydroxylation is 1. The molecule has 176 valence electrons. The third-order valence-corrected chi connectivity index (χ3v) is 6.41. The van der Waals surface area contributed by atoms with Crippen LogP contribution in [-0.4, -0.2) is 53.4 Å². The number of aliphatic carboxylic acids is 1. The number of rotatable bonds is 8. The summed E-state index contributed by atoms with van der Waals surface area (Å²) in [5.41, 5.74) is 4.70. The third-order valence-electron chi connectivity index (χ3n) is 5.44. The van der Waals surface area contributed by atoms with E-state index in [0.29, 0.717) is 9.88 Å². The molecule has 1 aromatic heterocycles. The molecule has 3 aromatic rings. The van der Waals surface area contributed by atoms with E-state index in [0.717, 1.165) is 27.3 Å². The van der Waals surface area contributed by atoms with Crippen molar-refractivity contribution in [2.24, 2.45) is 0 Å². The Hall–Kier alpha value is -3.76. The molecular weight excluding hydrogens is 458 g/mol. The van der Waals surface area contributed by atoms with E-state index in [4.69, 9.17) is 14.7 Å². The number of nitrogens with zero attached hydrogens (tertiary/aromatic N) is 2. The Balaban J connectivity index is 1.33. The molecule has 1 aliphatic carbocycles. The number of thiazole rings is 1. The summed E-state index contributed by atoms with van der Waals surface area (Å²) in [7, 11) is 1.32. The average Bonchev–Trinajstić information content (AvgIpc) is 3.37. The smallest absolute Gasteiger partial charge is 0.407 e. The summed E-state index contributed by atoms with van der Waals surface area (Å²) in [6.45, 7) is 1.37. The molecule has 0 unspecified atom stereocenters. The van der Waals surface area contributed by atoms with Crippen molar-refractivity contribution in [1.82, 2.24) is 15.4 Å². The van der Waals surface area contributed by atoms with Crippen LogP contribution in [0, 0.1) is 6.92 Å². The number of fused-ring (bicyclic) bond motifs is 3. The number of hydrogen-bond acceptors (Lipinski definition) is 7. The third kappa shape index (κ3) is 4.92. The summed E-state index contributed by atoms with van der Waals surface area (Å²) in [5, 5.41) is 12.7. The molecular formula is C24H23N3O6S. The van der Waals surface area contributed by atoms with Crippen LogP contribution >= 0.6 is 11.3 Å². The summed E-state index contributed by atoms with van der Waals surface area (Å²) >= 11 is 1.25. The van der Waals surface area contributed by atoms with Gasteiger partial charge in [-0.2, -0.15) is 0 Å². The fourth-order valence-electron chi connectivity index (χ4n) is 3.88. The van der Waals surface area contributed by atoms with Crippen molar-refractivity contribution >= 4 is 29.3 Å². The zero-order valence-electron chi connectivity index (χ0n) is 18.6. The van der Waals surface area contributed by atoms with Gasteiger partial charge in [-0.1, -0.05) is 48.5 Å². The van der Waals surface area contributed by atoms with Gasteiger partial charge in [0.25, 0.3) is 5.91 Å². The number of amides is 2. The standard InChI is InChI=1S/C24H23N3O6S/c1-14-22(23(30)27(2)33-13-21(28)29)26-20(34-14)11-25-24(31)32-12-19-17-9-5-3-7-15(17)16-8-4-6-10-18(16)19/h3-10,19H,11-13H2,1-2H3,(H,25,31)(H,28,29). The maximum atomic E-state index is 12.4. The number of ether oxygens (including phenoxy) is 1. The molecule has 0 radical (unpaired) electrons. The van der Waals surface area contributed by atoms with E-state index < -0.39 is 24.6 Å². The van der Waals surface area contributed by atoms with Gasteiger partial charge in [-0.3, -0.25) is 9.63 Å². The van der Waals surface area contributed by atoms with E-state index in [1.807, 2.05) is 24.3 Å². The van der Waals surface area contributed by atoms with Crippen LogP contribution in [0.5, 0.6) is 0 Å². The van der Waals surface area contributed by atoms with Gasteiger partial charge >= 0.3 is 12.1 Å². The van der Waals surface area contributed by atoms with E-state index in [9.17, 15) is 14.4 Å². The number of nitrogens with one attached hydrogen (secondary N) is 1. The van der Waals surface area contributed by atoms with E-state index in [1.54, 1.807) is 6.92 Å². The Morgan fingerprint density at radius 3 is 2.32 bits per heavy atom. The van der Waals surface area contributed by atoms with Crippen LogP contribution in [0.2, 0.25) is 0 Å². The number of carbonyl (C=O) groups excluding carboxylic acids is 2. The molecule has 0 saturated carbocycles. The van der Waals surface area contributed by atoms with Gasteiger partial charge in [0.2, 0.25) is 0 Å². The van der Waals surface area contributed by atoms with Crippen LogP contribution in [0.4, 0.5) is 4.79 Å². The van der Waals surface area contributed by atoms with Crippen LogP contribution < -0.4 is 5.32 Å². The lowest BCUT2D eigenvalue weighted by Crippen LogP contribution is -2.30. The molecule has 1 aliphatic rings. The van der Waals surface area contributed by atoms with E-state index in [-0.39, 0.29) is 24.8 Å². The van der Waals surface area contributed by atoms with Gasteiger partial charge < -0.3 is 15.2 Å². The molecule has 0 atom stereocenters. The second-order valence-electron chi connectivity index (χ2n) is 7.66. The molecule has 0 saturated heterocycles. The normalized spacial score (nSPS) is 12.1. The maximum absolute atomic E-state index is 12.4. The minimum atomic E-state index is -1.19. The van der Waals surface area contributed by atoms with Crippen LogP contribution in [0.15, 0.2) is 48.5 Å². The Bertz CT molecular complexity index is 1200. The summed E-state index contributed by atoms with van der Waals surface area (Å²) in [6.07, 6.45) is -0.579.